The minimum Gasteiger partial charge on any atom is -0.497 e. The Hall–Kier alpha value is -3.57. The summed E-state index contributed by atoms with van der Waals surface area (Å²) in [4.78, 5) is 4.43. The van der Waals surface area contributed by atoms with Crippen LogP contribution in [0.15, 0.2) is 72.1 Å². The van der Waals surface area contributed by atoms with Crippen LogP contribution in [-0.4, -0.2) is 45.3 Å². The number of aryl methyl sites for hydroxylation is 1. The normalized spacial score (nSPS) is 12.6. The molecule has 0 saturated heterocycles. The summed E-state index contributed by atoms with van der Waals surface area (Å²) in [5, 5.41) is 11.0. The van der Waals surface area contributed by atoms with Gasteiger partial charge in [-0.05, 0) is 46.3 Å². The lowest BCUT2D eigenvalue weighted by Gasteiger charge is -2.20. The molecule has 1 atom stereocenters. The van der Waals surface area contributed by atoms with Gasteiger partial charge in [-0.2, -0.15) is 4.72 Å². The second-order valence-corrected chi connectivity index (χ2v) is 8.19. The maximum Gasteiger partial charge on any atom is 0.241 e. The molecule has 0 radical (unpaired) electrons. The third-order valence-corrected chi connectivity index (χ3v) is 6.00. The Bertz CT molecular complexity index is 1240. The Morgan fingerprint density at radius 1 is 1.13 bits per heavy atom. The molecule has 4 rings (SSSR count). The van der Waals surface area contributed by atoms with Crippen LogP contribution in [0.3, 0.4) is 0 Å². The molecule has 154 valence electrons. The first-order valence-corrected chi connectivity index (χ1v) is 10.4. The fraction of sp³-hybridized carbons (Fsp3) is 0.158. The Labute approximate surface area is 173 Å². The van der Waals surface area contributed by atoms with Crippen LogP contribution in [0.25, 0.3) is 5.69 Å². The van der Waals surface area contributed by atoms with Gasteiger partial charge in [0.1, 0.15) is 23.9 Å². The molecule has 1 N–H and O–H groups in total. The van der Waals surface area contributed by atoms with Crippen molar-refractivity contribution in [2.45, 2.75) is 10.9 Å². The van der Waals surface area contributed by atoms with Gasteiger partial charge in [0.15, 0.2) is 0 Å². The van der Waals surface area contributed by atoms with Crippen molar-refractivity contribution in [1.29, 1.82) is 0 Å². The topological polar surface area (TPSA) is 117 Å². The van der Waals surface area contributed by atoms with E-state index in [1.54, 1.807) is 60.5 Å². The van der Waals surface area contributed by atoms with Crippen LogP contribution >= 0.6 is 0 Å². The third kappa shape index (κ3) is 3.93. The van der Waals surface area contributed by atoms with Crippen LogP contribution in [0.1, 0.15) is 17.4 Å². The molecule has 0 saturated carbocycles. The smallest absolute Gasteiger partial charge is 0.241 e. The molecule has 0 fully saturated rings. The monoisotopic (exact) mass is 425 g/mol. The van der Waals surface area contributed by atoms with Crippen LogP contribution in [-0.2, 0) is 17.1 Å². The molecule has 4 aromatic rings. The molecule has 30 heavy (non-hydrogen) atoms. The highest BCUT2D eigenvalue weighted by molar-refractivity contribution is 7.89. The minimum absolute atomic E-state index is 0.0863. The first-order valence-electron chi connectivity index (χ1n) is 8.95. The molecule has 0 spiro atoms. The van der Waals surface area contributed by atoms with Crippen molar-refractivity contribution in [2.24, 2.45) is 7.05 Å². The number of hydrogen-bond acceptors (Lipinski definition) is 7. The maximum absolute atomic E-state index is 13.2. The molecular formula is C19H19N7O3S. The molecule has 2 heterocycles. The van der Waals surface area contributed by atoms with Crippen LogP contribution in [0.2, 0.25) is 0 Å². The molecule has 1 unspecified atom stereocenters. The first-order chi connectivity index (χ1) is 14.5. The number of imidazole rings is 1. The lowest BCUT2D eigenvalue weighted by Crippen LogP contribution is -2.31. The van der Waals surface area contributed by atoms with Gasteiger partial charge >= 0.3 is 0 Å². The summed E-state index contributed by atoms with van der Waals surface area (Å²) in [6.45, 7) is 0. The molecule has 10 nitrogen and oxygen atoms in total. The summed E-state index contributed by atoms with van der Waals surface area (Å²) in [6.07, 6.45) is 4.78. The fourth-order valence-corrected chi connectivity index (χ4v) is 4.24. The zero-order chi connectivity index (χ0) is 21.1. The Morgan fingerprint density at radius 2 is 1.93 bits per heavy atom. The van der Waals surface area contributed by atoms with E-state index in [4.69, 9.17) is 4.74 Å². The van der Waals surface area contributed by atoms with E-state index in [9.17, 15) is 8.42 Å². The number of sulfonamides is 1. The quantitative estimate of drug-likeness (QED) is 0.476. The van der Waals surface area contributed by atoms with Gasteiger partial charge in [-0.25, -0.2) is 18.1 Å². The van der Waals surface area contributed by atoms with Gasteiger partial charge in [0.05, 0.1) is 17.7 Å². The number of benzene rings is 2. The average molecular weight is 425 g/mol. The Balaban J connectivity index is 1.72. The third-order valence-electron chi connectivity index (χ3n) is 4.58. The number of nitrogens with one attached hydrogen (secondary N) is 1. The van der Waals surface area contributed by atoms with Gasteiger partial charge in [-0.1, -0.05) is 18.2 Å². The lowest BCUT2D eigenvalue weighted by molar-refractivity contribution is 0.414. The Morgan fingerprint density at radius 3 is 2.57 bits per heavy atom. The molecule has 0 aliphatic rings. The molecule has 2 aromatic carbocycles. The molecule has 2 aromatic heterocycles. The van der Waals surface area contributed by atoms with E-state index >= 15 is 0 Å². The first kappa shape index (κ1) is 19.7. The molecule has 0 aliphatic carbocycles. The molecule has 11 heteroatoms. The van der Waals surface area contributed by atoms with Crippen LogP contribution in [0, 0.1) is 0 Å². The number of methoxy groups -OCH3 is 1. The summed E-state index contributed by atoms with van der Waals surface area (Å²) in [5.74, 6) is 1.23. The van der Waals surface area contributed by atoms with E-state index in [-0.39, 0.29) is 4.90 Å². The van der Waals surface area contributed by atoms with Gasteiger partial charge in [-0.3, -0.25) is 0 Å². The van der Waals surface area contributed by atoms with Gasteiger partial charge in [0.2, 0.25) is 10.0 Å². The van der Waals surface area contributed by atoms with Gasteiger partial charge in [0, 0.05) is 19.4 Å². The Kier molecular flexibility index (Phi) is 5.29. The SMILES string of the molecule is COc1ccc(C(NS(=O)(=O)c2cccc(-n3cnnn3)c2)c2nccn2C)cc1. The van der Waals surface area contributed by atoms with E-state index in [2.05, 4.69) is 25.2 Å². The average Bonchev–Trinajstić information content (AvgIpc) is 3.44. The lowest BCUT2D eigenvalue weighted by atomic mass is 10.1. The number of nitrogens with zero attached hydrogens (tertiary/aromatic N) is 6. The number of hydrogen-bond donors (Lipinski definition) is 1. The molecular weight excluding hydrogens is 406 g/mol. The number of aromatic nitrogens is 6. The largest absolute Gasteiger partial charge is 0.497 e. The van der Waals surface area contributed by atoms with Crippen molar-refractivity contribution in [3.8, 4) is 11.4 Å². The fourth-order valence-electron chi connectivity index (χ4n) is 3.02. The highest BCUT2D eigenvalue weighted by atomic mass is 32.2. The predicted octanol–water partition coefficient (Wildman–Crippen LogP) is 1.47. The number of tetrazole rings is 1. The van der Waals surface area contributed by atoms with Crippen molar-refractivity contribution in [3.63, 3.8) is 0 Å². The minimum atomic E-state index is -3.90. The van der Waals surface area contributed by atoms with Crippen molar-refractivity contribution in [2.75, 3.05) is 7.11 Å². The van der Waals surface area contributed by atoms with E-state index < -0.39 is 16.1 Å². The summed E-state index contributed by atoms with van der Waals surface area (Å²) < 4.78 is 37.6. The maximum atomic E-state index is 13.2. The van der Waals surface area contributed by atoms with Gasteiger partial charge < -0.3 is 9.30 Å². The van der Waals surface area contributed by atoms with Crippen molar-refractivity contribution in [3.05, 3.63) is 78.6 Å². The van der Waals surface area contributed by atoms with E-state index in [0.29, 0.717) is 17.3 Å². The summed E-state index contributed by atoms with van der Waals surface area (Å²) >= 11 is 0. The van der Waals surface area contributed by atoms with Crippen LogP contribution in [0.4, 0.5) is 0 Å². The van der Waals surface area contributed by atoms with Crippen molar-refractivity contribution in [1.82, 2.24) is 34.5 Å². The summed E-state index contributed by atoms with van der Waals surface area (Å²) in [5.41, 5.74) is 1.26. The van der Waals surface area contributed by atoms with Crippen LogP contribution in [0.5, 0.6) is 5.75 Å². The van der Waals surface area contributed by atoms with E-state index in [1.807, 2.05) is 7.05 Å². The highest BCUT2D eigenvalue weighted by Gasteiger charge is 2.26. The van der Waals surface area contributed by atoms with E-state index in [0.717, 1.165) is 5.56 Å². The van der Waals surface area contributed by atoms with Crippen molar-refractivity contribution < 1.29 is 13.2 Å². The molecule has 0 amide bonds. The summed E-state index contributed by atoms with van der Waals surface area (Å²) in [6, 6.07) is 12.8. The van der Waals surface area contributed by atoms with Gasteiger partial charge in [-0.15, -0.1) is 5.10 Å². The van der Waals surface area contributed by atoms with Crippen LogP contribution < -0.4 is 9.46 Å². The van der Waals surface area contributed by atoms with Crippen molar-refractivity contribution >= 4 is 10.0 Å². The zero-order valence-electron chi connectivity index (χ0n) is 16.2. The number of ether oxygens (including phenoxy) is 1. The highest BCUT2D eigenvalue weighted by Crippen LogP contribution is 2.25. The van der Waals surface area contributed by atoms with Gasteiger partial charge in [0.25, 0.3) is 0 Å². The molecule has 0 aliphatic heterocycles. The standard InChI is InChI=1S/C19H19N7O3S/c1-25-11-10-20-19(25)18(14-6-8-16(29-2)9-7-14)22-30(27,28)17-5-3-4-15(12-17)26-13-21-23-24-26/h3-13,18,22H,1-2H3. The van der Waals surface area contributed by atoms with E-state index in [1.165, 1.54) is 23.1 Å². The predicted molar refractivity (Wildman–Crippen MR) is 108 cm³/mol. The second kappa shape index (κ2) is 8.05. The molecule has 0 bridgehead atoms. The second-order valence-electron chi connectivity index (χ2n) is 6.48. The number of rotatable bonds is 7. The summed E-state index contributed by atoms with van der Waals surface area (Å²) in [7, 11) is -0.510. The zero-order valence-corrected chi connectivity index (χ0v) is 17.1.